The van der Waals surface area contributed by atoms with Gasteiger partial charge in [0.2, 0.25) is 0 Å². The van der Waals surface area contributed by atoms with Crippen LogP contribution in [-0.4, -0.2) is 25.4 Å². The van der Waals surface area contributed by atoms with Gasteiger partial charge in [-0.2, -0.15) is 0 Å². The summed E-state index contributed by atoms with van der Waals surface area (Å²) in [6.07, 6.45) is 0. The molecule has 1 fully saturated rings. The van der Waals surface area contributed by atoms with Crippen LogP contribution in [0.25, 0.3) is 0 Å². The maximum Gasteiger partial charge on any atom is 0.498 e. The van der Waals surface area contributed by atoms with Crippen LogP contribution >= 0.6 is 0 Å². The van der Waals surface area contributed by atoms with Crippen molar-refractivity contribution in [2.24, 2.45) is 0 Å². The molecule has 2 rings (SSSR count). The monoisotopic (exact) mass is 266 g/mol. The molecule has 1 aromatic carbocycles. The maximum atomic E-state index is 14.1. The lowest BCUT2D eigenvalue weighted by Crippen LogP contribution is -2.41. The number of ether oxygens (including phenoxy) is 1. The predicted molar refractivity (Wildman–Crippen MR) is 72.8 cm³/mol. The minimum atomic E-state index is -0.698. The fraction of sp³-hybridized carbons (Fsp3) is 0.571. The van der Waals surface area contributed by atoms with E-state index in [2.05, 4.69) is 0 Å². The minimum absolute atomic E-state index is 0.326. The third-order valence-electron chi connectivity index (χ3n) is 3.93. The zero-order valence-electron chi connectivity index (χ0n) is 12.1. The van der Waals surface area contributed by atoms with E-state index in [1.165, 1.54) is 6.07 Å². The molecule has 19 heavy (non-hydrogen) atoms. The molecule has 0 amide bonds. The van der Waals surface area contributed by atoms with Crippen LogP contribution in [0.15, 0.2) is 18.2 Å². The average Bonchev–Trinajstić information content (AvgIpc) is 2.48. The third kappa shape index (κ3) is 2.55. The standard InChI is InChI=1S/C14H20BFO3/c1-13(2)14(3,4)19-15(18-13)12-10(9-17-5)7-6-8-11(12)16/h6-8H,9H2,1-5H3. The Morgan fingerprint density at radius 3 is 2.26 bits per heavy atom. The van der Waals surface area contributed by atoms with Crippen molar-refractivity contribution in [3.05, 3.63) is 29.6 Å². The predicted octanol–water partition coefficient (Wildman–Crippen LogP) is 2.27. The first-order valence-electron chi connectivity index (χ1n) is 6.40. The van der Waals surface area contributed by atoms with Gasteiger partial charge in [0.25, 0.3) is 0 Å². The smallest absolute Gasteiger partial charge is 0.399 e. The van der Waals surface area contributed by atoms with E-state index in [1.54, 1.807) is 13.2 Å². The average molecular weight is 266 g/mol. The van der Waals surface area contributed by atoms with Gasteiger partial charge in [0, 0.05) is 12.6 Å². The molecule has 0 N–H and O–H groups in total. The van der Waals surface area contributed by atoms with Crippen molar-refractivity contribution in [1.29, 1.82) is 0 Å². The Hall–Kier alpha value is -0.905. The van der Waals surface area contributed by atoms with Crippen molar-refractivity contribution in [2.45, 2.75) is 45.5 Å². The van der Waals surface area contributed by atoms with Crippen molar-refractivity contribution in [3.63, 3.8) is 0 Å². The van der Waals surface area contributed by atoms with E-state index in [4.69, 9.17) is 14.0 Å². The van der Waals surface area contributed by atoms with E-state index in [1.807, 2.05) is 33.8 Å². The highest BCUT2D eigenvalue weighted by atomic mass is 19.1. The zero-order valence-corrected chi connectivity index (χ0v) is 12.1. The van der Waals surface area contributed by atoms with Gasteiger partial charge in [0.1, 0.15) is 5.82 Å². The Kier molecular flexibility index (Phi) is 3.73. The molecule has 1 aliphatic rings. The molecule has 0 atom stereocenters. The summed E-state index contributed by atoms with van der Waals surface area (Å²) in [6.45, 7) is 8.12. The number of methoxy groups -OCH3 is 1. The Balaban J connectivity index is 2.39. The lowest BCUT2D eigenvalue weighted by atomic mass is 9.75. The molecule has 1 saturated heterocycles. The number of hydrogen-bond donors (Lipinski definition) is 0. The molecule has 104 valence electrons. The van der Waals surface area contributed by atoms with Crippen molar-refractivity contribution < 1.29 is 18.4 Å². The second kappa shape index (κ2) is 4.89. The van der Waals surface area contributed by atoms with Crippen LogP contribution in [0.2, 0.25) is 0 Å². The summed E-state index contributed by atoms with van der Waals surface area (Å²) < 4.78 is 31.0. The molecular formula is C14H20BFO3. The Morgan fingerprint density at radius 2 is 1.74 bits per heavy atom. The van der Waals surface area contributed by atoms with Crippen LogP contribution in [0.1, 0.15) is 33.3 Å². The first-order valence-corrected chi connectivity index (χ1v) is 6.40. The van der Waals surface area contributed by atoms with Crippen LogP contribution in [-0.2, 0) is 20.7 Å². The van der Waals surface area contributed by atoms with Gasteiger partial charge >= 0.3 is 7.12 Å². The Bertz CT molecular complexity index is 458. The Labute approximate surface area is 114 Å². The van der Waals surface area contributed by atoms with Crippen molar-refractivity contribution in [1.82, 2.24) is 0 Å². The lowest BCUT2D eigenvalue weighted by Gasteiger charge is -2.32. The first kappa shape index (κ1) is 14.5. The van der Waals surface area contributed by atoms with E-state index in [0.29, 0.717) is 12.1 Å². The van der Waals surface area contributed by atoms with Crippen LogP contribution in [0.5, 0.6) is 0 Å². The second-order valence-electron chi connectivity index (χ2n) is 5.83. The highest BCUT2D eigenvalue weighted by Gasteiger charge is 2.52. The van der Waals surface area contributed by atoms with Gasteiger partial charge in [-0.3, -0.25) is 0 Å². The van der Waals surface area contributed by atoms with Crippen LogP contribution in [0, 0.1) is 5.82 Å². The first-order chi connectivity index (χ1) is 8.78. The summed E-state index contributed by atoms with van der Waals surface area (Å²) in [6, 6.07) is 4.91. The molecule has 1 heterocycles. The van der Waals surface area contributed by atoms with Crippen LogP contribution in [0.3, 0.4) is 0 Å². The van der Waals surface area contributed by atoms with Gasteiger partial charge < -0.3 is 14.0 Å². The fourth-order valence-electron chi connectivity index (χ4n) is 2.09. The third-order valence-corrected chi connectivity index (χ3v) is 3.93. The molecule has 0 aliphatic carbocycles. The molecule has 1 aliphatic heterocycles. The van der Waals surface area contributed by atoms with Crippen LogP contribution in [0.4, 0.5) is 4.39 Å². The molecule has 0 radical (unpaired) electrons. The van der Waals surface area contributed by atoms with Crippen molar-refractivity contribution >= 4 is 12.6 Å². The van der Waals surface area contributed by atoms with Gasteiger partial charge in [-0.15, -0.1) is 0 Å². The number of rotatable bonds is 3. The van der Waals surface area contributed by atoms with Gasteiger partial charge in [-0.05, 0) is 39.3 Å². The van der Waals surface area contributed by atoms with Gasteiger partial charge in [0.05, 0.1) is 17.8 Å². The summed E-state index contributed by atoms with van der Waals surface area (Å²) in [4.78, 5) is 0. The molecule has 5 heteroatoms. The SMILES string of the molecule is COCc1cccc(F)c1B1OC(C)(C)C(C)(C)O1. The molecule has 1 aromatic rings. The fourth-order valence-corrected chi connectivity index (χ4v) is 2.09. The van der Waals surface area contributed by atoms with Crippen molar-refractivity contribution in [3.8, 4) is 0 Å². The summed E-state index contributed by atoms with van der Waals surface area (Å²) in [5.74, 6) is -0.326. The summed E-state index contributed by atoms with van der Waals surface area (Å²) in [5, 5.41) is 0. The molecule has 0 spiro atoms. The van der Waals surface area contributed by atoms with E-state index >= 15 is 0 Å². The lowest BCUT2D eigenvalue weighted by molar-refractivity contribution is 0.00578. The summed E-state index contributed by atoms with van der Waals surface area (Å²) >= 11 is 0. The Morgan fingerprint density at radius 1 is 1.16 bits per heavy atom. The molecule has 0 unspecified atom stereocenters. The van der Waals surface area contributed by atoms with E-state index in [-0.39, 0.29) is 5.82 Å². The highest BCUT2D eigenvalue weighted by Crippen LogP contribution is 2.36. The summed E-state index contributed by atoms with van der Waals surface area (Å²) in [5.41, 5.74) is 0.221. The quantitative estimate of drug-likeness (QED) is 0.785. The highest BCUT2D eigenvalue weighted by molar-refractivity contribution is 6.62. The number of benzene rings is 1. The molecule has 0 saturated carbocycles. The van der Waals surface area contributed by atoms with Crippen LogP contribution < -0.4 is 5.46 Å². The van der Waals surface area contributed by atoms with E-state index in [0.717, 1.165) is 5.56 Å². The van der Waals surface area contributed by atoms with E-state index in [9.17, 15) is 4.39 Å². The molecule has 0 bridgehead atoms. The molecule has 3 nitrogen and oxygen atoms in total. The summed E-state index contributed by atoms with van der Waals surface area (Å²) in [7, 11) is 0.884. The normalized spacial score (nSPS) is 20.8. The van der Waals surface area contributed by atoms with Gasteiger partial charge in [0.15, 0.2) is 0 Å². The minimum Gasteiger partial charge on any atom is -0.399 e. The van der Waals surface area contributed by atoms with Gasteiger partial charge in [-0.1, -0.05) is 12.1 Å². The topological polar surface area (TPSA) is 27.7 Å². The second-order valence-corrected chi connectivity index (χ2v) is 5.83. The molecular weight excluding hydrogens is 246 g/mol. The number of halogens is 1. The zero-order chi connectivity index (χ0) is 14.3. The maximum absolute atomic E-state index is 14.1. The van der Waals surface area contributed by atoms with Gasteiger partial charge in [-0.25, -0.2) is 4.39 Å². The van der Waals surface area contributed by atoms with E-state index < -0.39 is 18.3 Å². The molecule has 0 aromatic heterocycles. The number of hydrogen-bond acceptors (Lipinski definition) is 3. The van der Waals surface area contributed by atoms with Crippen molar-refractivity contribution in [2.75, 3.05) is 7.11 Å². The largest absolute Gasteiger partial charge is 0.498 e.